The molecule has 1 N–H and O–H groups in total. The maximum absolute atomic E-state index is 12.8. The minimum Gasteiger partial charge on any atom is -0.492 e. The number of allylic oxidation sites excluding steroid dienone is 1. The van der Waals surface area contributed by atoms with Crippen LogP contribution in [0, 0.1) is 11.3 Å². The first-order chi connectivity index (χ1) is 17.7. The van der Waals surface area contributed by atoms with Crippen molar-refractivity contribution >= 4 is 17.6 Å². The highest BCUT2D eigenvalue weighted by molar-refractivity contribution is 5.92. The molecule has 0 bridgehead atoms. The molecule has 2 fully saturated rings. The van der Waals surface area contributed by atoms with Crippen molar-refractivity contribution in [3.05, 3.63) is 71.8 Å². The average molecular weight is 505 g/mol. The zero-order valence-corrected chi connectivity index (χ0v) is 22.6. The van der Waals surface area contributed by atoms with Gasteiger partial charge in [0, 0.05) is 35.8 Å². The molecule has 37 heavy (non-hydrogen) atoms. The molecule has 6 nitrogen and oxygen atoms in total. The van der Waals surface area contributed by atoms with Gasteiger partial charge in [-0.1, -0.05) is 42.5 Å². The summed E-state index contributed by atoms with van der Waals surface area (Å²) in [5.41, 5.74) is 3.31. The molecular formula is C31H40N2O4. The standard InChI is InChI=1S/C31H40N2O4/c1-21(2)33(22(3)4)14-15-36-28-9-7-6-8-25(28)17-29(34)32-27-12-10-24(11-13-27)19-31-18-23(5)16-26(31)20-37-30(31)35/h6-13,21-22,26H,5,14-20H2,1-4H3,(H,32,34). The fourth-order valence-electron chi connectivity index (χ4n) is 5.88. The molecular weight excluding hydrogens is 464 g/mol. The predicted molar refractivity (Wildman–Crippen MR) is 147 cm³/mol. The van der Waals surface area contributed by atoms with Crippen molar-refractivity contribution in [3.63, 3.8) is 0 Å². The largest absolute Gasteiger partial charge is 0.492 e. The van der Waals surface area contributed by atoms with E-state index in [9.17, 15) is 9.59 Å². The van der Waals surface area contributed by atoms with E-state index in [0.29, 0.717) is 38.1 Å². The molecule has 1 aliphatic carbocycles. The van der Waals surface area contributed by atoms with Crippen LogP contribution in [-0.2, 0) is 27.2 Å². The van der Waals surface area contributed by atoms with Crippen LogP contribution in [-0.4, -0.2) is 48.6 Å². The molecule has 198 valence electrons. The molecule has 0 aromatic heterocycles. The van der Waals surface area contributed by atoms with Gasteiger partial charge < -0.3 is 14.8 Å². The third-order valence-corrected chi connectivity index (χ3v) is 7.72. The Hall–Kier alpha value is -3.12. The lowest BCUT2D eigenvalue weighted by Gasteiger charge is -2.30. The maximum Gasteiger partial charge on any atom is 0.313 e. The molecule has 0 radical (unpaired) electrons. The number of amides is 1. The number of anilines is 1. The molecule has 1 saturated carbocycles. The van der Waals surface area contributed by atoms with Gasteiger partial charge in [-0.25, -0.2) is 0 Å². The molecule has 2 aromatic carbocycles. The van der Waals surface area contributed by atoms with E-state index in [2.05, 4.69) is 44.5 Å². The minimum absolute atomic E-state index is 0.0973. The Bertz CT molecular complexity index is 1120. The van der Waals surface area contributed by atoms with Crippen LogP contribution in [0.4, 0.5) is 5.69 Å². The zero-order valence-electron chi connectivity index (χ0n) is 22.6. The second-order valence-electron chi connectivity index (χ2n) is 11.1. The molecule has 1 amide bonds. The first-order valence-electron chi connectivity index (χ1n) is 13.4. The number of fused-ring (bicyclic) bond motifs is 1. The van der Waals surface area contributed by atoms with Gasteiger partial charge in [0.2, 0.25) is 5.91 Å². The van der Waals surface area contributed by atoms with E-state index in [4.69, 9.17) is 9.47 Å². The highest BCUT2D eigenvalue weighted by Crippen LogP contribution is 2.52. The maximum atomic E-state index is 12.8. The normalized spacial score (nSPS) is 21.0. The lowest BCUT2D eigenvalue weighted by molar-refractivity contribution is -0.146. The molecule has 2 atom stereocenters. The van der Waals surface area contributed by atoms with Gasteiger partial charge in [-0.3, -0.25) is 14.5 Å². The Kier molecular flexibility index (Phi) is 8.38. The number of esters is 1. The highest BCUT2D eigenvalue weighted by atomic mass is 16.5. The Morgan fingerprint density at radius 3 is 2.54 bits per heavy atom. The number of para-hydroxylation sites is 1. The Balaban J connectivity index is 1.33. The average Bonchev–Trinajstić information content (AvgIpc) is 3.31. The Morgan fingerprint density at radius 1 is 1.14 bits per heavy atom. The summed E-state index contributed by atoms with van der Waals surface area (Å²) in [4.78, 5) is 27.8. The first kappa shape index (κ1) is 26.9. The van der Waals surface area contributed by atoms with Crippen molar-refractivity contribution in [2.75, 3.05) is 25.1 Å². The minimum atomic E-state index is -0.479. The lowest BCUT2D eigenvalue weighted by atomic mass is 9.75. The van der Waals surface area contributed by atoms with Gasteiger partial charge in [0.05, 0.1) is 18.4 Å². The van der Waals surface area contributed by atoms with E-state index >= 15 is 0 Å². The number of hydrogen-bond acceptors (Lipinski definition) is 5. The van der Waals surface area contributed by atoms with Gasteiger partial charge in [-0.2, -0.15) is 0 Å². The first-order valence-corrected chi connectivity index (χ1v) is 13.4. The number of carbonyl (C=O) groups excluding carboxylic acids is 2. The summed E-state index contributed by atoms with van der Waals surface area (Å²) in [5, 5.41) is 2.99. The molecule has 6 heteroatoms. The number of carbonyl (C=O) groups is 2. The van der Waals surface area contributed by atoms with Crippen LogP contribution in [0.1, 0.15) is 51.7 Å². The highest BCUT2D eigenvalue weighted by Gasteiger charge is 2.55. The lowest BCUT2D eigenvalue weighted by Crippen LogP contribution is -2.39. The number of cyclic esters (lactones) is 1. The topological polar surface area (TPSA) is 67.9 Å². The number of hydrogen-bond donors (Lipinski definition) is 1. The van der Waals surface area contributed by atoms with Crippen molar-refractivity contribution < 1.29 is 19.1 Å². The molecule has 2 aliphatic rings. The molecule has 1 aliphatic heterocycles. The van der Waals surface area contributed by atoms with Crippen LogP contribution < -0.4 is 10.1 Å². The third-order valence-electron chi connectivity index (χ3n) is 7.72. The van der Waals surface area contributed by atoms with Crippen molar-refractivity contribution in [3.8, 4) is 5.75 Å². The Morgan fingerprint density at radius 2 is 1.84 bits per heavy atom. The quantitative estimate of drug-likeness (QED) is 0.327. The molecule has 4 rings (SSSR count). The summed E-state index contributed by atoms with van der Waals surface area (Å²) in [6.07, 6.45) is 2.43. The molecule has 2 aromatic rings. The van der Waals surface area contributed by atoms with Crippen molar-refractivity contribution in [1.82, 2.24) is 4.90 Å². The summed E-state index contributed by atoms with van der Waals surface area (Å²) in [5.74, 6) is 0.763. The van der Waals surface area contributed by atoms with Crippen LogP contribution in [0.25, 0.3) is 0 Å². The van der Waals surface area contributed by atoms with Gasteiger partial charge >= 0.3 is 5.97 Å². The van der Waals surface area contributed by atoms with Crippen molar-refractivity contribution in [1.29, 1.82) is 0 Å². The molecule has 2 unspecified atom stereocenters. The SMILES string of the molecule is C=C1CC2COC(=O)C2(Cc2ccc(NC(=O)Cc3ccccc3OCCN(C(C)C)C(C)C)cc2)C1. The number of nitrogens with one attached hydrogen (secondary N) is 1. The summed E-state index contributed by atoms with van der Waals surface area (Å²) in [7, 11) is 0. The van der Waals surface area contributed by atoms with Gasteiger partial charge in [-0.15, -0.1) is 0 Å². The summed E-state index contributed by atoms with van der Waals surface area (Å²) < 4.78 is 11.5. The fourth-order valence-corrected chi connectivity index (χ4v) is 5.88. The van der Waals surface area contributed by atoms with Crippen LogP contribution in [0.3, 0.4) is 0 Å². The summed E-state index contributed by atoms with van der Waals surface area (Å²) >= 11 is 0. The zero-order chi connectivity index (χ0) is 26.6. The van der Waals surface area contributed by atoms with Crippen LogP contribution in [0.5, 0.6) is 5.75 Å². The number of nitrogens with zero attached hydrogens (tertiary/aromatic N) is 1. The molecule has 0 spiro atoms. The van der Waals surface area contributed by atoms with Crippen molar-refractivity contribution in [2.45, 2.75) is 65.5 Å². The second kappa shape index (κ2) is 11.5. The summed E-state index contributed by atoms with van der Waals surface area (Å²) in [6, 6.07) is 16.4. The predicted octanol–water partition coefficient (Wildman–Crippen LogP) is 5.42. The van der Waals surface area contributed by atoms with E-state index in [1.165, 1.54) is 0 Å². The van der Waals surface area contributed by atoms with Crippen LogP contribution in [0.15, 0.2) is 60.7 Å². The molecule has 1 heterocycles. The number of rotatable bonds is 11. The van der Waals surface area contributed by atoms with Crippen molar-refractivity contribution in [2.24, 2.45) is 11.3 Å². The van der Waals surface area contributed by atoms with E-state index in [-0.39, 0.29) is 24.2 Å². The summed E-state index contributed by atoms with van der Waals surface area (Å²) in [6.45, 7) is 14.8. The number of ether oxygens (including phenoxy) is 2. The van der Waals surface area contributed by atoms with E-state index in [1.807, 2.05) is 48.5 Å². The van der Waals surface area contributed by atoms with Gasteiger partial charge in [0.15, 0.2) is 0 Å². The van der Waals surface area contributed by atoms with Crippen LogP contribution in [0.2, 0.25) is 0 Å². The van der Waals surface area contributed by atoms with Gasteiger partial charge in [0.25, 0.3) is 0 Å². The van der Waals surface area contributed by atoms with E-state index in [1.54, 1.807) is 0 Å². The van der Waals surface area contributed by atoms with Gasteiger partial charge in [-0.05, 0) is 70.7 Å². The molecule has 1 saturated heterocycles. The fraction of sp³-hybridized carbons (Fsp3) is 0.484. The van der Waals surface area contributed by atoms with Crippen LogP contribution >= 0.6 is 0 Å². The Labute approximate surface area is 221 Å². The monoisotopic (exact) mass is 504 g/mol. The van der Waals surface area contributed by atoms with E-state index < -0.39 is 5.41 Å². The third kappa shape index (κ3) is 6.24. The second-order valence-corrected chi connectivity index (χ2v) is 11.1. The van der Waals surface area contributed by atoms with E-state index in [0.717, 1.165) is 41.1 Å². The number of benzene rings is 2. The van der Waals surface area contributed by atoms with Gasteiger partial charge in [0.1, 0.15) is 12.4 Å². The smallest absolute Gasteiger partial charge is 0.313 e.